The third kappa shape index (κ3) is 4.91. The van der Waals surface area contributed by atoms with Crippen LogP contribution in [0.1, 0.15) is 24.5 Å². The summed E-state index contributed by atoms with van der Waals surface area (Å²) in [4.78, 5) is 42.6. The van der Waals surface area contributed by atoms with Crippen LogP contribution in [0, 0.1) is 5.92 Å². The molecule has 8 heteroatoms. The van der Waals surface area contributed by atoms with Gasteiger partial charge in [0.25, 0.3) is 0 Å². The predicted octanol–water partition coefficient (Wildman–Crippen LogP) is 0.122. The van der Waals surface area contributed by atoms with E-state index in [1.165, 1.54) is 12.1 Å². The van der Waals surface area contributed by atoms with E-state index in [0.717, 1.165) is 0 Å². The Hall–Kier alpha value is -1.79. The Morgan fingerprint density at radius 2 is 1.76 bits per heavy atom. The molecular weight excluding hydrogens is 299 g/mol. The van der Waals surface area contributed by atoms with Crippen molar-refractivity contribution in [3.8, 4) is 0 Å². The van der Waals surface area contributed by atoms with Gasteiger partial charge in [-0.25, -0.2) is 0 Å². The van der Waals surface area contributed by atoms with Gasteiger partial charge >= 0.3 is 11.9 Å². The maximum Gasteiger partial charge on any atom is 0.314 e. The average molecular weight is 314 g/mol. The minimum atomic E-state index is -3.09. The molecule has 0 saturated carbocycles. The quantitative estimate of drug-likeness (QED) is 0.524. The van der Waals surface area contributed by atoms with E-state index in [2.05, 4.69) is 0 Å². The molecule has 4 N–H and O–H groups in total. The Bertz CT molecular complexity index is 537. The zero-order valence-electron chi connectivity index (χ0n) is 10.9. The first-order valence-electron chi connectivity index (χ1n) is 6.05. The van der Waals surface area contributed by atoms with Crippen molar-refractivity contribution in [2.45, 2.75) is 18.9 Å². The van der Waals surface area contributed by atoms with Crippen molar-refractivity contribution in [1.29, 1.82) is 0 Å². The SMILES string of the molecule is O=C(O)CCC(C(=O)O)C(C(O)c1ccccc1)=[P+]([O-])O. The van der Waals surface area contributed by atoms with Gasteiger partial charge in [-0.2, -0.15) is 4.89 Å². The van der Waals surface area contributed by atoms with Gasteiger partial charge in [0.15, 0.2) is 5.29 Å². The van der Waals surface area contributed by atoms with Crippen LogP contribution >= 0.6 is 8.00 Å². The largest absolute Gasteiger partial charge is 0.603 e. The number of aliphatic hydroxyl groups excluding tert-OH is 1. The third-order valence-corrected chi connectivity index (χ3v) is 3.92. The van der Waals surface area contributed by atoms with Gasteiger partial charge in [0.05, 0.1) is 0 Å². The molecule has 3 atom stereocenters. The topological polar surface area (TPSA) is 138 Å². The molecule has 0 spiro atoms. The molecule has 21 heavy (non-hydrogen) atoms. The lowest BCUT2D eigenvalue weighted by Crippen LogP contribution is -2.30. The first-order valence-corrected chi connectivity index (χ1v) is 7.26. The van der Waals surface area contributed by atoms with E-state index in [0.29, 0.717) is 0 Å². The third-order valence-electron chi connectivity index (χ3n) is 2.92. The smallest absolute Gasteiger partial charge is 0.314 e. The number of carbonyl (C=O) groups is 2. The van der Waals surface area contributed by atoms with Crippen LogP contribution in [-0.4, -0.2) is 37.4 Å². The highest BCUT2D eigenvalue weighted by molar-refractivity contribution is 7.46. The first-order chi connectivity index (χ1) is 9.84. The van der Waals surface area contributed by atoms with E-state index in [9.17, 15) is 24.5 Å². The molecule has 114 valence electrons. The summed E-state index contributed by atoms with van der Waals surface area (Å²) in [6.07, 6.45) is -2.40. The predicted molar refractivity (Wildman–Crippen MR) is 73.5 cm³/mol. The summed E-state index contributed by atoms with van der Waals surface area (Å²) in [6.45, 7) is 0. The molecule has 0 heterocycles. The van der Waals surface area contributed by atoms with Crippen molar-refractivity contribution in [3.05, 3.63) is 35.9 Å². The minimum absolute atomic E-state index is 0.270. The van der Waals surface area contributed by atoms with Crippen molar-refractivity contribution in [3.63, 3.8) is 0 Å². The van der Waals surface area contributed by atoms with Gasteiger partial charge in [0.2, 0.25) is 8.00 Å². The van der Waals surface area contributed by atoms with Crippen LogP contribution in [0.2, 0.25) is 0 Å². The minimum Gasteiger partial charge on any atom is -0.603 e. The summed E-state index contributed by atoms with van der Waals surface area (Å²) in [5.41, 5.74) is 0.270. The van der Waals surface area contributed by atoms with Gasteiger partial charge in [0, 0.05) is 6.42 Å². The van der Waals surface area contributed by atoms with Crippen LogP contribution in [0.25, 0.3) is 0 Å². The van der Waals surface area contributed by atoms with Gasteiger partial charge < -0.3 is 20.2 Å². The number of benzene rings is 1. The van der Waals surface area contributed by atoms with Crippen molar-refractivity contribution in [1.82, 2.24) is 0 Å². The normalized spacial score (nSPS) is 15.0. The molecule has 0 fully saturated rings. The summed E-state index contributed by atoms with van der Waals surface area (Å²) >= 11 is 0. The summed E-state index contributed by atoms with van der Waals surface area (Å²) in [6, 6.07) is 7.83. The molecule has 3 unspecified atom stereocenters. The zero-order valence-corrected chi connectivity index (χ0v) is 11.8. The molecule has 1 aromatic carbocycles. The number of carboxylic acid groups (broad SMARTS) is 2. The Morgan fingerprint density at radius 3 is 2.19 bits per heavy atom. The molecule has 0 saturated heterocycles. The van der Waals surface area contributed by atoms with Crippen LogP contribution in [0.5, 0.6) is 0 Å². The Labute approximate surface area is 121 Å². The molecule has 0 amide bonds. The van der Waals surface area contributed by atoms with E-state index in [1.54, 1.807) is 18.2 Å². The van der Waals surface area contributed by atoms with E-state index >= 15 is 0 Å². The van der Waals surface area contributed by atoms with Gasteiger partial charge in [-0.1, -0.05) is 30.3 Å². The summed E-state index contributed by atoms with van der Waals surface area (Å²) in [5, 5.41) is 27.4. The lowest BCUT2D eigenvalue weighted by molar-refractivity contribution is -0.168. The second kappa shape index (κ2) is 7.85. The van der Waals surface area contributed by atoms with E-state index in [4.69, 9.17) is 10.2 Å². The van der Waals surface area contributed by atoms with Gasteiger partial charge in [-0.05, 0) is 12.0 Å². The van der Waals surface area contributed by atoms with Crippen LogP contribution < -0.4 is 4.89 Å². The maximum atomic E-state index is 11.4. The Balaban J connectivity index is 3.12. The fraction of sp³-hybridized carbons (Fsp3) is 0.308. The van der Waals surface area contributed by atoms with E-state index in [-0.39, 0.29) is 12.0 Å². The molecule has 1 rings (SSSR count). The molecule has 0 aromatic heterocycles. The summed E-state index contributed by atoms with van der Waals surface area (Å²) < 4.78 is 0. The highest BCUT2D eigenvalue weighted by atomic mass is 31.1. The molecular formula is C13H15O7P. The monoisotopic (exact) mass is 314 g/mol. The molecule has 0 bridgehead atoms. The van der Waals surface area contributed by atoms with Crippen LogP contribution in [0.4, 0.5) is 0 Å². The second-order valence-electron chi connectivity index (χ2n) is 4.33. The standard InChI is InChI=1S/C13H15O7P/c14-10(15)7-6-9(13(17)18)12(21(19)20)11(16)8-4-2-1-3-5-8/h1-5,9,11,16H,6-7H2,(H,14,15)(H,17,18)(H,19,20). The first kappa shape index (κ1) is 17.3. The summed E-state index contributed by atoms with van der Waals surface area (Å²) in [5.74, 6) is -4.17. The number of hydrogen-bond acceptors (Lipinski definition) is 5. The number of rotatable bonds is 7. The van der Waals surface area contributed by atoms with Gasteiger partial charge in [-0.15, -0.1) is 0 Å². The fourth-order valence-electron chi connectivity index (χ4n) is 1.90. The number of hydrogen-bond donors (Lipinski definition) is 4. The molecule has 7 nitrogen and oxygen atoms in total. The van der Waals surface area contributed by atoms with Crippen LogP contribution in [0.15, 0.2) is 30.3 Å². The number of aliphatic hydroxyl groups is 1. The van der Waals surface area contributed by atoms with Crippen molar-refractivity contribution < 1.29 is 34.7 Å². The number of carboxylic acids is 2. The zero-order chi connectivity index (χ0) is 16.0. The second-order valence-corrected chi connectivity index (χ2v) is 5.40. The van der Waals surface area contributed by atoms with Crippen LogP contribution in [-0.2, 0) is 9.59 Å². The Kier molecular flexibility index (Phi) is 6.45. The Morgan fingerprint density at radius 1 is 1.19 bits per heavy atom. The van der Waals surface area contributed by atoms with E-state index in [1.807, 2.05) is 0 Å². The molecule has 0 aliphatic rings. The molecule has 0 aliphatic heterocycles. The maximum absolute atomic E-state index is 11.4. The van der Waals surface area contributed by atoms with Gasteiger partial charge in [-0.3, -0.25) is 9.59 Å². The summed E-state index contributed by atoms with van der Waals surface area (Å²) in [7, 11) is -3.09. The fourth-order valence-corrected chi connectivity index (χ4v) is 2.76. The van der Waals surface area contributed by atoms with Crippen molar-refractivity contribution in [2.24, 2.45) is 5.92 Å². The van der Waals surface area contributed by atoms with Gasteiger partial charge in [0.1, 0.15) is 12.0 Å². The highest BCUT2D eigenvalue weighted by Gasteiger charge is 2.36. The lowest BCUT2D eigenvalue weighted by Gasteiger charge is -2.17. The number of aliphatic carboxylic acids is 2. The molecule has 0 aliphatic carbocycles. The molecule has 0 radical (unpaired) electrons. The average Bonchev–Trinajstić information content (AvgIpc) is 2.42. The highest BCUT2D eigenvalue weighted by Crippen LogP contribution is 2.29. The van der Waals surface area contributed by atoms with Crippen LogP contribution in [0.3, 0.4) is 0 Å². The van der Waals surface area contributed by atoms with Crippen molar-refractivity contribution in [2.75, 3.05) is 0 Å². The lowest BCUT2D eigenvalue weighted by atomic mass is 9.93. The van der Waals surface area contributed by atoms with Crippen molar-refractivity contribution >= 4 is 25.2 Å². The van der Waals surface area contributed by atoms with E-state index < -0.39 is 43.7 Å². The molecule has 1 aromatic rings.